The molecule has 0 bridgehead atoms. The van der Waals surface area contributed by atoms with Crippen molar-refractivity contribution >= 4 is 17.4 Å². The molecule has 0 aliphatic rings. The molecule has 0 unspecified atom stereocenters. The molecule has 0 aliphatic carbocycles. The third-order valence-corrected chi connectivity index (χ3v) is 2.99. The fourth-order valence-electron chi connectivity index (χ4n) is 1.92. The van der Waals surface area contributed by atoms with Crippen LogP contribution in [0.15, 0.2) is 42.5 Å². The number of ether oxygens (including phenoxy) is 1. The van der Waals surface area contributed by atoms with E-state index < -0.39 is 0 Å². The van der Waals surface area contributed by atoms with E-state index in [0.29, 0.717) is 16.3 Å². The number of benzene rings is 2. The summed E-state index contributed by atoms with van der Waals surface area (Å²) >= 11 is 6.02. The van der Waals surface area contributed by atoms with E-state index in [9.17, 15) is 4.79 Å². The molecule has 92 valence electrons. The molecule has 2 rings (SSSR count). The predicted octanol–water partition coefficient (Wildman–Crippen LogP) is 4.22. The van der Waals surface area contributed by atoms with E-state index in [1.807, 2.05) is 24.3 Å². The quantitative estimate of drug-likeness (QED) is 0.773. The van der Waals surface area contributed by atoms with Crippen LogP contribution in [0.3, 0.4) is 0 Å². The molecular formula is C15H13ClO2. The lowest BCUT2D eigenvalue weighted by Gasteiger charge is -2.12. The lowest BCUT2D eigenvalue weighted by molar-refractivity contribution is 0.101. The van der Waals surface area contributed by atoms with E-state index in [-0.39, 0.29) is 5.78 Å². The van der Waals surface area contributed by atoms with Gasteiger partial charge >= 0.3 is 0 Å². The highest BCUT2D eigenvalue weighted by Gasteiger charge is 2.12. The van der Waals surface area contributed by atoms with Gasteiger partial charge in [-0.05, 0) is 30.7 Å². The van der Waals surface area contributed by atoms with Crippen molar-refractivity contribution in [3.05, 3.63) is 53.1 Å². The topological polar surface area (TPSA) is 26.3 Å². The maximum absolute atomic E-state index is 11.7. The van der Waals surface area contributed by atoms with Crippen LogP contribution < -0.4 is 4.74 Å². The third-order valence-electron chi connectivity index (χ3n) is 2.76. The van der Waals surface area contributed by atoms with Gasteiger partial charge in [-0.25, -0.2) is 0 Å². The van der Waals surface area contributed by atoms with Gasteiger partial charge in [0.15, 0.2) is 5.78 Å². The van der Waals surface area contributed by atoms with Crippen molar-refractivity contribution in [2.24, 2.45) is 0 Å². The molecule has 0 atom stereocenters. The van der Waals surface area contributed by atoms with Gasteiger partial charge in [-0.1, -0.05) is 35.9 Å². The normalized spacial score (nSPS) is 10.2. The molecule has 2 nitrogen and oxygen atoms in total. The molecule has 0 aromatic heterocycles. The number of carbonyl (C=O) groups is 1. The Morgan fingerprint density at radius 2 is 1.83 bits per heavy atom. The average molecular weight is 261 g/mol. The average Bonchev–Trinajstić information content (AvgIpc) is 2.38. The molecule has 0 saturated heterocycles. The third kappa shape index (κ3) is 2.39. The van der Waals surface area contributed by atoms with Crippen LogP contribution in [0.25, 0.3) is 11.1 Å². The van der Waals surface area contributed by atoms with Crippen molar-refractivity contribution in [1.29, 1.82) is 0 Å². The van der Waals surface area contributed by atoms with E-state index in [1.54, 1.807) is 32.2 Å². The Hall–Kier alpha value is -1.80. The van der Waals surface area contributed by atoms with Gasteiger partial charge < -0.3 is 4.74 Å². The van der Waals surface area contributed by atoms with Crippen LogP contribution in [-0.2, 0) is 0 Å². The second-order valence-corrected chi connectivity index (χ2v) is 4.38. The van der Waals surface area contributed by atoms with E-state index in [1.165, 1.54) is 0 Å². The Bertz CT molecular complexity index is 591. The number of hydrogen-bond acceptors (Lipinski definition) is 2. The van der Waals surface area contributed by atoms with E-state index in [0.717, 1.165) is 11.1 Å². The molecule has 2 aromatic rings. The second-order valence-electron chi connectivity index (χ2n) is 3.95. The largest absolute Gasteiger partial charge is 0.496 e. The maximum Gasteiger partial charge on any atom is 0.160 e. The van der Waals surface area contributed by atoms with Crippen LogP contribution in [0.2, 0.25) is 5.02 Å². The van der Waals surface area contributed by atoms with Crippen LogP contribution in [0, 0.1) is 0 Å². The van der Waals surface area contributed by atoms with Gasteiger partial charge in [-0.3, -0.25) is 4.79 Å². The van der Waals surface area contributed by atoms with Gasteiger partial charge in [-0.15, -0.1) is 0 Å². The zero-order chi connectivity index (χ0) is 13.1. The lowest BCUT2D eigenvalue weighted by atomic mass is 9.97. The molecule has 0 aliphatic heterocycles. The zero-order valence-corrected chi connectivity index (χ0v) is 11.0. The van der Waals surface area contributed by atoms with Crippen LogP contribution in [0.4, 0.5) is 0 Å². The summed E-state index contributed by atoms with van der Waals surface area (Å²) in [6.07, 6.45) is 0. The van der Waals surface area contributed by atoms with Crippen LogP contribution in [-0.4, -0.2) is 12.9 Å². The molecule has 0 radical (unpaired) electrons. The second kappa shape index (κ2) is 5.23. The van der Waals surface area contributed by atoms with Crippen molar-refractivity contribution in [3.8, 4) is 16.9 Å². The summed E-state index contributed by atoms with van der Waals surface area (Å²) in [6, 6.07) is 12.8. The monoisotopic (exact) mass is 260 g/mol. The van der Waals surface area contributed by atoms with Gasteiger partial charge in [0, 0.05) is 16.1 Å². The Kier molecular flexibility index (Phi) is 3.68. The first-order chi connectivity index (χ1) is 8.63. The Morgan fingerprint density at radius 1 is 1.11 bits per heavy atom. The minimum atomic E-state index is 0.0210. The van der Waals surface area contributed by atoms with E-state index in [4.69, 9.17) is 16.3 Å². The number of Topliss-reactive ketones (excluding diaryl/α,β-unsaturated/α-hetero) is 1. The van der Waals surface area contributed by atoms with Crippen LogP contribution in [0.1, 0.15) is 17.3 Å². The maximum atomic E-state index is 11.7. The van der Waals surface area contributed by atoms with Crippen LogP contribution >= 0.6 is 11.6 Å². The Balaban J connectivity index is 2.68. The van der Waals surface area contributed by atoms with Gasteiger partial charge in [-0.2, -0.15) is 0 Å². The molecule has 2 aromatic carbocycles. The SMILES string of the molecule is COc1ccc(Cl)cc1-c1ccccc1C(C)=O. The minimum absolute atomic E-state index is 0.0210. The van der Waals surface area contributed by atoms with Crippen molar-refractivity contribution in [1.82, 2.24) is 0 Å². The zero-order valence-electron chi connectivity index (χ0n) is 10.2. The predicted molar refractivity (Wildman–Crippen MR) is 73.4 cm³/mol. The molecule has 0 fully saturated rings. The summed E-state index contributed by atoms with van der Waals surface area (Å²) in [7, 11) is 1.60. The Morgan fingerprint density at radius 3 is 2.50 bits per heavy atom. The number of ketones is 1. The first kappa shape index (κ1) is 12.7. The molecule has 0 heterocycles. The van der Waals surface area contributed by atoms with Crippen molar-refractivity contribution in [2.45, 2.75) is 6.92 Å². The summed E-state index contributed by atoms with van der Waals surface area (Å²) in [4.78, 5) is 11.7. The van der Waals surface area contributed by atoms with Crippen molar-refractivity contribution < 1.29 is 9.53 Å². The number of carbonyl (C=O) groups excluding carboxylic acids is 1. The van der Waals surface area contributed by atoms with E-state index in [2.05, 4.69) is 0 Å². The van der Waals surface area contributed by atoms with Gasteiger partial charge in [0.1, 0.15) is 5.75 Å². The smallest absolute Gasteiger partial charge is 0.160 e. The molecule has 3 heteroatoms. The highest BCUT2D eigenvalue weighted by atomic mass is 35.5. The fraction of sp³-hybridized carbons (Fsp3) is 0.133. The molecular weight excluding hydrogens is 248 g/mol. The molecule has 0 spiro atoms. The minimum Gasteiger partial charge on any atom is -0.496 e. The highest BCUT2D eigenvalue weighted by molar-refractivity contribution is 6.31. The lowest BCUT2D eigenvalue weighted by Crippen LogP contribution is -1.97. The van der Waals surface area contributed by atoms with Crippen LogP contribution in [0.5, 0.6) is 5.75 Å². The first-order valence-electron chi connectivity index (χ1n) is 5.57. The molecule has 18 heavy (non-hydrogen) atoms. The van der Waals surface area contributed by atoms with E-state index >= 15 is 0 Å². The van der Waals surface area contributed by atoms with Gasteiger partial charge in [0.05, 0.1) is 7.11 Å². The van der Waals surface area contributed by atoms with Crippen molar-refractivity contribution in [3.63, 3.8) is 0 Å². The standard InChI is InChI=1S/C15H13ClO2/c1-10(17)12-5-3-4-6-13(12)14-9-11(16)7-8-15(14)18-2/h3-9H,1-2H3. The summed E-state index contributed by atoms with van der Waals surface area (Å²) < 4.78 is 5.32. The Labute approximate surface area is 111 Å². The fourth-order valence-corrected chi connectivity index (χ4v) is 2.09. The molecule has 0 N–H and O–H groups in total. The van der Waals surface area contributed by atoms with Gasteiger partial charge in [0.2, 0.25) is 0 Å². The highest BCUT2D eigenvalue weighted by Crippen LogP contribution is 2.34. The summed E-state index contributed by atoms with van der Waals surface area (Å²) in [5.74, 6) is 0.723. The molecule has 0 amide bonds. The number of hydrogen-bond donors (Lipinski definition) is 0. The number of halogens is 1. The summed E-state index contributed by atoms with van der Waals surface area (Å²) in [5, 5.41) is 0.615. The van der Waals surface area contributed by atoms with Crippen molar-refractivity contribution in [2.75, 3.05) is 7.11 Å². The first-order valence-corrected chi connectivity index (χ1v) is 5.95. The number of methoxy groups -OCH3 is 1. The summed E-state index contributed by atoms with van der Waals surface area (Å²) in [6.45, 7) is 1.55. The van der Waals surface area contributed by atoms with Gasteiger partial charge in [0.25, 0.3) is 0 Å². The molecule has 0 saturated carbocycles. The summed E-state index contributed by atoms with van der Waals surface area (Å²) in [5.41, 5.74) is 2.33. The number of rotatable bonds is 3.